The molecule has 0 radical (unpaired) electrons. The van der Waals surface area contributed by atoms with Crippen LogP contribution in [0.1, 0.15) is 24.3 Å². The molecule has 27 heavy (non-hydrogen) atoms. The number of piperazine rings is 1. The van der Waals surface area contributed by atoms with Crippen LogP contribution in [0.15, 0.2) is 35.8 Å². The number of hydrogen-bond acceptors (Lipinski definition) is 4. The van der Waals surface area contributed by atoms with E-state index in [1.165, 1.54) is 23.5 Å². The molecule has 0 bridgehead atoms. The second-order valence-electron chi connectivity index (χ2n) is 6.50. The minimum Gasteiger partial charge on any atom is -0.339 e. The molecule has 4 rings (SSSR count). The summed E-state index contributed by atoms with van der Waals surface area (Å²) < 4.78 is 15.2. The van der Waals surface area contributed by atoms with Crippen molar-refractivity contribution in [3.05, 3.63) is 47.4 Å². The lowest BCUT2D eigenvalue weighted by Crippen LogP contribution is -2.57. The number of aromatic nitrogens is 2. The molecule has 0 spiro atoms. The molecule has 1 fully saturated rings. The van der Waals surface area contributed by atoms with Gasteiger partial charge in [-0.05, 0) is 26.0 Å². The van der Waals surface area contributed by atoms with Crippen LogP contribution in [0.2, 0.25) is 0 Å². The Morgan fingerprint density at radius 2 is 2.19 bits per heavy atom. The smallest absolute Gasteiger partial charge is 0.272 e. The van der Waals surface area contributed by atoms with E-state index in [1.54, 1.807) is 44.8 Å². The molecule has 1 aliphatic heterocycles. The third-order valence-corrected chi connectivity index (χ3v) is 5.78. The Balaban J connectivity index is 1.66. The van der Waals surface area contributed by atoms with Crippen LogP contribution in [-0.2, 0) is 4.79 Å². The highest BCUT2D eigenvalue weighted by molar-refractivity contribution is 7.15. The third-order valence-electron chi connectivity index (χ3n) is 4.94. The number of hydrogen-bond donors (Lipinski definition) is 0. The van der Waals surface area contributed by atoms with Crippen molar-refractivity contribution in [1.29, 1.82) is 0 Å². The highest BCUT2D eigenvalue weighted by Gasteiger charge is 2.35. The van der Waals surface area contributed by atoms with E-state index in [0.29, 0.717) is 41.5 Å². The van der Waals surface area contributed by atoms with Gasteiger partial charge in [0, 0.05) is 36.8 Å². The van der Waals surface area contributed by atoms with E-state index < -0.39 is 6.04 Å². The number of fused-ring (bicyclic) bond motifs is 1. The fourth-order valence-electron chi connectivity index (χ4n) is 3.39. The second kappa shape index (κ2) is 6.77. The Morgan fingerprint density at radius 3 is 2.93 bits per heavy atom. The summed E-state index contributed by atoms with van der Waals surface area (Å²) >= 11 is 1.35. The minimum absolute atomic E-state index is 0.0327. The van der Waals surface area contributed by atoms with Crippen molar-refractivity contribution >= 4 is 28.1 Å². The van der Waals surface area contributed by atoms with Crippen molar-refractivity contribution in [1.82, 2.24) is 19.2 Å². The first-order valence-corrected chi connectivity index (χ1v) is 9.70. The van der Waals surface area contributed by atoms with Gasteiger partial charge in [0.05, 0.1) is 5.69 Å². The summed E-state index contributed by atoms with van der Waals surface area (Å²) in [5.74, 6) is -0.558. The maximum Gasteiger partial charge on any atom is 0.272 e. The molecule has 140 valence electrons. The number of amides is 2. The molecule has 0 aliphatic carbocycles. The van der Waals surface area contributed by atoms with Crippen molar-refractivity contribution in [2.75, 3.05) is 19.6 Å². The lowest BCUT2D eigenvalue weighted by molar-refractivity contribution is -0.139. The number of nitrogens with zero attached hydrogens (tertiary/aromatic N) is 4. The Morgan fingerprint density at radius 1 is 1.37 bits per heavy atom. The maximum absolute atomic E-state index is 13.5. The van der Waals surface area contributed by atoms with E-state index in [0.717, 1.165) is 0 Å². The number of benzene rings is 1. The van der Waals surface area contributed by atoms with E-state index in [1.807, 2.05) is 6.92 Å². The number of carbonyl (C=O) groups is 2. The van der Waals surface area contributed by atoms with E-state index >= 15 is 0 Å². The van der Waals surface area contributed by atoms with Crippen LogP contribution in [0.25, 0.3) is 16.2 Å². The first-order valence-electron chi connectivity index (χ1n) is 8.82. The highest BCUT2D eigenvalue weighted by atomic mass is 32.1. The topological polar surface area (TPSA) is 57.9 Å². The van der Waals surface area contributed by atoms with E-state index in [4.69, 9.17) is 0 Å². The zero-order valence-corrected chi connectivity index (χ0v) is 15.9. The van der Waals surface area contributed by atoms with Crippen LogP contribution in [0, 0.1) is 5.82 Å². The van der Waals surface area contributed by atoms with Crippen LogP contribution in [0.5, 0.6) is 0 Å². The molecule has 0 saturated carbocycles. The fraction of sp³-hybridized carbons (Fsp3) is 0.316. The summed E-state index contributed by atoms with van der Waals surface area (Å²) in [4.78, 5) is 34.0. The van der Waals surface area contributed by atoms with Gasteiger partial charge in [0.15, 0.2) is 4.96 Å². The van der Waals surface area contributed by atoms with Crippen LogP contribution in [0.4, 0.5) is 4.39 Å². The molecule has 2 aromatic heterocycles. The second-order valence-corrected chi connectivity index (χ2v) is 7.34. The van der Waals surface area contributed by atoms with Gasteiger partial charge in [0.2, 0.25) is 5.91 Å². The van der Waals surface area contributed by atoms with Crippen molar-refractivity contribution in [2.24, 2.45) is 0 Å². The average Bonchev–Trinajstić information content (AvgIpc) is 3.24. The van der Waals surface area contributed by atoms with Gasteiger partial charge in [-0.25, -0.2) is 9.37 Å². The molecular weight excluding hydrogens is 367 g/mol. The summed E-state index contributed by atoms with van der Waals surface area (Å²) in [5.41, 5.74) is 1.73. The van der Waals surface area contributed by atoms with Gasteiger partial charge in [-0.3, -0.25) is 14.0 Å². The molecule has 2 amide bonds. The number of rotatable bonds is 3. The normalized spacial score (nSPS) is 17.7. The van der Waals surface area contributed by atoms with Crippen LogP contribution >= 0.6 is 11.3 Å². The lowest BCUT2D eigenvalue weighted by Gasteiger charge is -2.38. The predicted octanol–water partition coefficient (Wildman–Crippen LogP) is 2.89. The molecule has 0 unspecified atom stereocenters. The lowest BCUT2D eigenvalue weighted by atomic mass is 10.1. The number of imidazole rings is 1. The monoisotopic (exact) mass is 386 g/mol. The quantitative estimate of drug-likeness (QED) is 0.696. The van der Waals surface area contributed by atoms with Crippen molar-refractivity contribution < 1.29 is 14.0 Å². The van der Waals surface area contributed by atoms with Gasteiger partial charge in [0.1, 0.15) is 17.6 Å². The molecule has 1 saturated heterocycles. The Bertz CT molecular complexity index is 1030. The molecule has 1 atom stereocenters. The Hall–Kier alpha value is -2.74. The summed E-state index contributed by atoms with van der Waals surface area (Å²) in [5, 5.41) is 1.75. The first kappa shape index (κ1) is 17.7. The highest BCUT2D eigenvalue weighted by Crippen LogP contribution is 2.25. The number of halogens is 1. The summed E-state index contributed by atoms with van der Waals surface area (Å²) in [6.07, 6.45) is 1.74. The van der Waals surface area contributed by atoms with Gasteiger partial charge in [0.25, 0.3) is 5.91 Å². The van der Waals surface area contributed by atoms with Crippen LogP contribution in [-0.4, -0.2) is 56.7 Å². The summed E-state index contributed by atoms with van der Waals surface area (Å²) in [6.45, 7) is 5.38. The largest absolute Gasteiger partial charge is 0.339 e. The Labute approximate surface area is 159 Å². The van der Waals surface area contributed by atoms with Gasteiger partial charge in [-0.2, -0.15) is 0 Å². The van der Waals surface area contributed by atoms with Gasteiger partial charge < -0.3 is 9.80 Å². The van der Waals surface area contributed by atoms with E-state index in [2.05, 4.69) is 4.98 Å². The average molecular weight is 386 g/mol. The fourth-order valence-corrected chi connectivity index (χ4v) is 4.24. The van der Waals surface area contributed by atoms with Gasteiger partial charge >= 0.3 is 0 Å². The number of carbonyl (C=O) groups excluding carboxylic acids is 2. The van der Waals surface area contributed by atoms with Crippen LogP contribution in [0.3, 0.4) is 0 Å². The van der Waals surface area contributed by atoms with E-state index in [9.17, 15) is 14.0 Å². The molecule has 1 aromatic carbocycles. The van der Waals surface area contributed by atoms with Gasteiger partial charge in [-0.1, -0.05) is 12.1 Å². The maximum atomic E-state index is 13.5. The number of thiazole rings is 1. The zero-order valence-electron chi connectivity index (χ0n) is 15.1. The molecule has 6 nitrogen and oxygen atoms in total. The van der Waals surface area contributed by atoms with Crippen molar-refractivity contribution in [3.8, 4) is 11.3 Å². The SMILES string of the molecule is CCN1CCN(C(=O)c2csc3nc(-c4cccc(F)c4)cn23)[C@@H](C)C1=O. The molecule has 1 aliphatic rings. The summed E-state index contributed by atoms with van der Waals surface area (Å²) in [7, 11) is 0. The van der Waals surface area contributed by atoms with E-state index in [-0.39, 0.29) is 17.6 Å². The molecule has 3 heterocycles. The van der Waals surface area contributed by atoms with Crippen molar-refractivity contribution in [2.45, 2.75) is 19.9 Å². The minimum atomic E-state index is -0.493. The summed E-state index contributed by atoms with van der Waals surface area (Å²) in [6, 6.07) is 5.71. The van der Waals surface area contributed by atoms with Crippen LogP contribution < -0.4 is 0 Å². The zero-order chi connectivity index (χ0) is 19.1. The first-order chi connectivity index (χ1) is 13.0. The van der Waals surface area contributed by atoms with Gasteiger partial charge in [-0.15, -0.1) is 11.3 Å². The predicted molar refractivity (Wildman–Crippen MR) is 101 cm³/mol. The van der Waals surface area contributed by atoms with Crippen molar-refractivity contribution in [3.63, 3.8) is 0 Å². The molecule has 8 heteroatoms. The molecule has 0 N–H and O–H groups in total. The standard InChI is InChI=1S/C19H19FN4O2S/c1-3-22-7-8-23(12(2)17(22)25)18(26)16-11-27-19-21-15(10-24(16)19)13-5-4-6-14(20)9-13/h4-6,9-12H,3,7-8H2,1-2H3/t12-/m0/s1. The third kappa shape index (κ3) is 2.99. The molecule has 3 aromatic rings. The number of likely N-dealkylation sites (N-methyl/N-ethyl adjacent to an activating group) is 1. The molecular formula is C19H19FN4O2S. The Kier molecular flexibility index (Phi) is 4.43.